The maximum absolute atomic E-state index is 12.8. The van der Waals surface area contributed by atoms with Crippen LogP contribution in [0.2, 0.25) is 0 Å². The fourth-order valence-electron chi connectivity index (χ4n) is 4.66. The van der Waals surface area contributed by atoms with Gasteiger partial charge in [-0.05, 0) is 28.8 Å². The number of benzene rings is 2. The maximum Gasteiger partial charge on any atom is 0.274 e. The van der Waals surface area contributed by atoms with Crippen molar-refractivity contribution in [2.75, 3.05) is 11.2 Å². The molecule has 0 saturated carbocycles. The van der Waals surface area contributed by atoms with E-state index >= 15 is 0 Å². The Bertz CT molecular complexity index is 1590. The third kappa shape index (κ3) is 3.60. The lowest BCUT2D eigenvalue weighted by atomic mass is 9.98. The summed E-state index contributed by atoms with van der Waals surface area (Å²) in [7, 11) is -1.54. The van der Waals surface area contributed by atoms with E-state index in [1.165, 1.54) is 10.8 Å². The number of pyridine rings is 1. The van der Waals surface area contributed by atoms with Crippen LogP contribution in [0.4, 0.5) is 5.69 Å². The lowest BCUT2D eigenvalue weighted by Crippen LogP contribution is -2.27. The summed E-state index contributed by atoms with van der Waals surface area (Å²) in [6.45, 7) is 0.422. The van der Waals surface area contributed by atoms with E-state index in [9.17, 15) is 18.5 Å². The molecule has 33 heavy (non-hydrogen) atoms. The molecule has 1 aliphatic heterocycles. The Morgan fingerprint density at radius 3 is 2.61 bits per heavy atom. The highest BCUT2D eigenvalue weighted by Crippen LogP contribution is 2.43. The zero-order valence-corrected chi connectivity index (χ0v) is 19.1. The number of hydrogen-bond acceptors (Lipinski definition) is 5. The molecule has 1 N–H and O–H groups in total. The van der Waals surface area contributed by atoms with E-state index in [-0.39, 0.29) is 11.3 Å². The summed E-state index contributed by atoms with van der Waals surface area (Å²) >= 11 is 0. The van der Waals surface area contributed by atoms with Crippen molar-refractivity contribution in [3.8, 4) is 17.2 Å². The SMILES string of the molecule is Cn1cc2c3c(c[nH]c3c1=O)CN(C(C#N)c1ccccc1)c1ccc(CS(C)(=O)=O)cc1-2. The first-order valence-electron chi connectivity index (χ1n) is 10.5. The molecule has 0 bridgehead atoms. The van der Waals surface area contributed by atoms with E-state index in [4.69, 9.17) is 0 Å². The van der Waals surface area contributed by atoms with Crippen LogP contribution in [0.1, 0.15) is 22.7 Å². The second kappa shape index (κ2) is 7.64. The van der Waals surface area contributed by atoms with Gasteiger partial charge in [0.1, 0.15) is 11.6 Å². The van der Waals surface area contributed by atoms with Gasteiger partial charge in [-0.1, -0.05) is 36.4 Å². The number of nitriles is 1. The number of anilines is 1. The van der Waals surface area contributed by atoms with Gasteiger partial charge < -0.3 is 14.5 Å². The molecule has 0 aliphatic carbocycles. The molecule has 8 heteroatoms. The first kappa shape index (κ1) is 21.0. The van der Waals surface area contributed by atoms with Gasteiger partial charge in [0.15, 0.2) is 9.84 Å². The highest BCUT2D eigenvalue weighted by molar-refractivity contribution is 7.89. The number of aromatic amines is 1. The summed E-state index contributed by atoms with van der Waals surface area (Å²) in [4.78, 5) is 17.9. The van der Waals surface area contributed by atoms with Crippen molar-refractivity contribution in [2.45, 2.75) is 18.3 Å². The minimum absolute atomic E-state index is 0.0878. The molecule has 1 aliphatic rings. The number of fused-ring (bicyclic) bond motifs is 2. The lowest BCUT2D eigenvalue weighted by molar-refractivity contribution is 0.601. The predicted molar refractivity (Wildman–Crippen MR) is 129 cm³/mol. The fraction of sp³-hybridized carbons (Fsp3) is 0.200. The average molecular weight is 459 g/mol. The molecular formula is C25H22N4O3S. The predicted octanol–water partition coefficient (Wildman–Crippen LogP) is 3.66. The van der Waals surface area contributed by atoms with Gasteiger partial charge in [0.25, 0.3) is 5.56 Å². The van der Waals surface area contributed by atoms with Crippen molar-refractivity contribution in [1.82, 2.24) is 9.55 Å². The third-order valence-corrected chi connectivity index (χ3v) is 6.93. The number of aryl methyl sites for hydroxylation is 1. The molecule has 5 rings (SSSR count). The summed E-state index contributed by atoms with van der Waals surface area (Å²) in [5, 5.41) is 11.0. The molecule has 7 nitrogen and oxygen atoms in total. The Morgan fingerprint density at radius 2 is 1.91 bits per heavy atom. The van der Waals surface area contributed by atoms with Crippen LogP contribution < -0.4 is 10.5 Å². The van der Waals surface area contributed by atoms with Gasteiger partial charge in [-0.25, -0.2) is 8.42 Å². The largest absolute Gasteiger partial charge is 0.356 e. The van der Waals surface area contributed by atoms with Crippen LogP contribution in [0.15, 0.2) is 65.7 Å². The van der Waals surface area contributed by atoms with Gasteiger partial charge in [-0.3, -0.25) is 4.79 Å². The Balaban J connectivity index is 1.81. The minimum atomic E-state index is -3.23. The number of sulfone groups is 1. The van der Waals surface area contributed by atoms with Crippen molar-refractivity contribution in [1.29, 1.82) is 5.26 Å². The molecule has 166 valence electrons. The molecule has 4 aromatic rings. The van der Waals surface area contributed by atoms with E-state index in [0.717, 1.165) is 33.3 Å². The third-order valence-electron chi connectivity index (χ3n) is 6.07. The molecule has 0 spiro atoms. The first-order valence-corrected chi connectivity index (χ1v) is 12.5. The van der Waals surface area contributed by atoms with Gasteiger partial charge in [-0.15, -0.1) is 0 Å². The number of hydrogen-bond donors (Lipinski definition) is 1. The van der Waals surface area contributed by atoms with Crippen molar-refractivity contribution >= 4 is 26.4 Å². The maximum atomic E-state index is 12.8. The molecule has 0 saturated heterocycles. The number of nitrogens with zero attached hydrogens (tertiary/aromatic N) is 3. The number of nitrogens with one attached hydrogen (secondary N) is 1. The van der Waals surface area contributed by atoms with Crippen LogP contribution in [0, 0.1) is 11.3 Å². The van der Waals surface area contributed by atoms with Gasteiger partial charge in [0.2, 0.25) is 0 Å². The zero-order chi connectivity index (χ0) is 23.3. The molecule has 1 unspecified atom stereocenters. The van der Waals surface area contributed by atoms with Gasteiger partial charge in [-0.2, -0.15) is 5.26 Å². The topological polar surface area (TPSA) is 99.0 Å². The average Bonchev–Trinajstić information content (AvgIpc) is 3.14. The van der Waals surface area contributed by atoms with Crippen LogP contribution in [0.3, 0.4) is 0 Å². The number of aromatic nitrogens is 2. The summed E-state index contributed by atoms with van der Waals surface area (Å²) in [5.74, 6) is -0.0878. The molecule has 0 amide bonds. The summed E-state index contributed by atoms with van der Waals surface area (Å²) in [6.07, 6.45) is 4.82. The molecule has 2 aromatic heterocycles. The van der Waals surface area contributed by atoms with Crippen molar-refractivity contribution < 1.29 is 8.42 Å². The smallest absolute Gasteiger partial charge is 0.274 e. The summed E-state index contributed by atoms with van der Waals surface area (Å²) < 4.78 is 25.5. The van der Waals surface area contributed by atoms with Crippen LogP contribution in [0.5, 0.6) is 0 Å². The van der Waals surface area contributed by atoms with Gasteiger partial charge in [0, 0.05) is 54.4 Å². The first-order chi connectivity index (χ1) is 15.8. The summed E-state index contributed by atoms with van der Waals surface area (Å²) in [6, 6.07) is 17.0. The van der Waals surface area contributed by atoms with E-state index < -0.39 is 15.9 Å². The summed E-state index contributed by atoms with van der Waals surface area (Å²) in [5.41, 5.74) is 5.24. The zero-order valence-electron chi connectivity index (χ0n) is 18.2. The Labute approximate surface area is 191 Å². The highest BCUT2D eigenvalue weighted by Gasteiger charge is 2.29. The fourth-order valence-corrected chi connectivity index (χ4v) is 5.45. The second-order valence-electron chi connectivity index (χ2n) is 8.51. The van der Waals surface area contributed by atoms with Crippen molar-refractivity contribution in [2.24, 2.45) is 7.05 Å². The highest BCUT2D eigenvalue weighted by atomic mass is 32.2. The quantitative estimate of drug-likeness (QED) is 0.503. The van der Waals surface area contributed by atoms with Crippen molar-refractivity contribution in [3.05, 3.63) is 88.0 Å². The van der Waals surface area contributed by atoms with E-state index in [1.807, 2.05) is 53.6 Å². The van der Waals surface area contributed by atoms with E-state index in [1.54, 1.807) is 19.3 Å². The van der Waals surface area contributed by atoms with Crippen LogP contribution in [-0.2, 0) is 29.2 Å². The standard InChI is InChI=1S/C25H22N4O3S/c1-28-14-20-19-10-16(15-33(2,31)32)8-9-21(19)29(22(11-26)17-6-4-3-5-7-17)13-18-12-27-24(23(18)20)25(28)30/h3-10,12,14,22,27H,13,15H2,1-2H3. The molecule has 2 aromatic carbocycles. The van der Waals surface area contributed by atoms with Crippen LogP contribution in [0.25, 0.3) is 22.0 Å². The molecule has 0 fully saturated rings. The van der Waals surface area contributed by atoms with Gasteiger partial charge >= 0.3 is 0 Å². The van der Waals surface area contributed by atoms with E-state index in [2.05, 4.69) is 11.1 Å². The van der Waals surface area contributed by atoms with Gasteiger partial charge in [0.05, 0.1) is 11.8 Å². The number of rotatable bonds is 4. The second-order valence-corrected chi connectivity index (χ2v) is 10.7. The molecular weight excluding hydrogens is 436 g/mol. The van der Waals surface area contributed by atoms with Crippen LogP contribution >= 0.6 is 0 Å². The Kier molecular flexibility index (Phi) is 4.87. The Hall–Kier alpha value is -3.83. The normalized spacial score (nSPS) is 13.9. The number of H-pyrrole nitrogens is 1. The monoisotopic (exact) mass is 458 g/mol. The van der Waals surface area contributed by atoms with Crippen molar-refractivity contribution in [3.63, 3.8) is 0 Å². The molecule has 1 atom stereocenters. The molecule has 3 heterocycles. The Morgan fingerprint density at radius 1 is 1.15 bits per heavy atom. The molecule has 0 radical (unpaired) electrons. The minimum Gasteiger partial charge on any atom is -0.356 e. The lowest BCUT2D eigenvalue weighted by Gasteiger charge is -2.30. The van der Waals surface area contributed by atoms with Crippen LogP contribution in [-0.4, -0.2) is 24.2 Å². The van der Waals surface area contributed by atoms with E-state index in [0.29, 0.717) is 17.6 Å².